The molecule has 1 aromatic rings. The fraction of sp³-hybridized carbons (Fsp3) is 0.583. The number of anilines is 1. The summed E-state index contributed by atoms with van der Waals surface area (Å²) >= 11 is 13.1. The highest BCUT2D eigenvalue weighted by atomic mass is 79.9. The minimum absolute atomic E-state index is 0.603. The molecule has 1 fully saturated rings. The molecule has 1 aliphatic rings. The van der Waals surface area contributed by atoms with Crippen LogP contribution >= 0.6 is 43.5 Å². The zero-order valence-corrected chi connectivity index (χ0v) is 13.6. The van der Waals surface area contributed by atoms with Crippen molar-refractivity contribution < 1.29 is 0 Å². The van der Waals surface area contributed by atoms with E-state index in [1.165, 1.54) is 12.8 Å². The first-order valence-electron chi connectivity index (χ1n) is 5.78. The van der Waals surface area contributed by atoms with Gasteiger partial charge in [-0.3, -0.25) is 0 Å². The van der Waals surface area contributed by atoms with Crippen LogP contribution < -0.4 is 4.90 Å². The second-order valence-corrected chi connectivity index (χ2v) is 7.20. The number of hydrogen-bond donors (Lipinski definition) is 0. The van der Waals surface area contributed by atoms with Gasteiger partial charge in [0.2, 0.25) is 0 Å². The Hall–Kier alpha value is 0.200. The Morgan fingerprint density at radius 2 is 2.12 bits per heavy atom. The highest BCUT2D eigenvalue weighted by Gasteiger charge is 2.24. The van der Waals surface area contributed by atoms with Gasteiger partial charge < -0.3 is 4.90 Å². The molecule has 2 rings (SSSR count). The summed E-state index contributed by atoms with van der Waals surface area (Å²) in [5.41, 5.74) is 0. The Labute approximate surface area is 124 Å². The molecule has 17 heavy (non-hydrogen) atoms. The summed E-state index contributed by atoms with van der Waals surface area (Å²) in [6.07, 6.45) is 4.13. The van der Waals surface area contributed by atoms with Crippen LogP contribution in [0.4, 0.5) is 5.82 Å². The molecule has 2 nitrogen and oxygen atoms in total. The summed E-state index contributed by atoms with van der Waals surface area (Å²) in [7, 11) is 0. The summed E-state index contributed by atoms with van der Waals surface area (Å²) in [5, 5.41) is 0.671. The van der Waals surface area contributed by atoms with Crippen LogP contribution in [0.15, 0.2) is 16.7 Å². The molecule has 0 N–H and O–H groups in total. The third-order valence-electron chi connectivity index (χ3n) is 3.28. The van der Waals surface area contributed by atoms with Crippen LogP contribution in [0.1, 0.15) is 19.8 Å². The highest BCUT2D eigenvalue weighted by molar-refractivity contribution is 9.10. The maximum absolute atomic E-state index is 5.90. The monoisotopic (exact) mass is 380 g/mol. The van der Waals surface area contributed by atoms with E-state index in [2.05, 4.69) is 48.7 Å². The van der Waals surface area contributed by atoms with E-state index in [9.17, 15) is 0 Å². The average molecular weight is 383 g/mol. The molecule has 0 amide bonds. The lowest BCUT2D eigenvalue weighted by Crippen LogP contribution is -2.36. The molecule has 0 bridgehead atoms. The van der Waals surface area contributed by atoms with Gasteiger partial charge in [-0.2, -0.15) is 0 Å². The van der Waals surface area contributed by atoms with Crippen molar-refractivity contribution in [2.45, 2.75) is 24.6 Å². The smallest absolute Gasteiger partial charge is 0.142 e. The molecular weight excluding hydrogens is 367 g/mol. The molecule has 0 aromatic carbocycles. The molecule has 0 aliphatic carbocycles. The first kappa shape index (κ1) is 13.6. The number of piperidine rings is 1. The third-order valence-corrected chi connectivity index (χ3v) is 4.82. The zero-order valence-electron chi connectivity index (χ0n) is 9.67. The van der Waals surface area contributed by atoms with E-state index < -0.39 is 0 Å². The molecule has 1 aliphatic heterocycles. The van der Waals surface area contributed by atoms with Gasteiger partial charge in [0, 0.05) is 24.1 Å². The van der Waals surface area contributed by atoms with Crippen LogP contribution in [-0.4, -0.2) is 22.9 Å². The molecule has 0 radical (unpaired) electrons. The Morgan fingerprint density at radius 3 is 2.65 bits per heavy atom. The van der Waals surface area contributed by atoms with Crippen LogP contribution in [0.25, 0.3) is 0 Å². The van der Waals surface area contributed by atoms with Crippen molar-refractivity contribution in [3.63, 3.8) is 0 Å². The molecule has 5 heteroatoms. The van der Waals surface area contributed by atoms with Crippen LogP contribution in [0.2, 0.25) is 5.02 Å². The Morgan fingerprint density at radius 1 is 1.47 bits per heavy atom. The third kappa shape index (κ3) is 3.36. The van der Waals surface area contributed by atoms with Gasteiger partial charge in [0.1, 0.15) is 5.82 Å². The lowest BCUT2D eigenvalue weighted by molar-refractivity contribution is 0.405. The Balaban J connectivity index is 2.05. The van der Waals surface area contributed by atoms with Crippen molar-refractivity contribution in [2.24, 2.45) is 5.92 Å². The Bertz CT molecular complexity index is 390. The molecule has 2 heterocycles. The number of hydrogen-bond acceptors (Lipinski definition) is 2. The van der Waals surface area contributed by atoms with Gasteiger partial charge in [0.25, 0.3) is 0 Å². The summed E-state index contributed by atoms with van der Waals surface area (Å²) in [5.74, 6) is 1.78. The Kier molecular flexibility index (Phi) is 4.72. The SMILES string of the molecule is CC(Br)C1CCN(c2ncc(Cl)cc2Br)CC1. The minimum atomic E-state index is 0.603. The fourth-order valence-electron chi connectivity index (χ4n) is 2.21. The molecule has 1 unspecified atom stereocenters. The second-order valence-electron chi connectivity index (χ2n) is 4.46. The van der Waals surface area contributed by atoms with Gasteiger partial charge in [-0.25, -0.2) is 4.98 Å². The molecule has 1 atom stereocenters. The number of nitrogens with zero attached hydrogens (tertiary/aromatic N) is 2. The van der Waals surface area contributed by atoms with Crippen molar-refractivity contribution in [1.29, 1.82) is 0 Å². The van der Waals surface area contributed by atoms with Gasteiger partial charge in [0.05, 0.1) is 9.50 Å². The number of rotatable bonds is 2. The number of pyridine rings is 1. The quantitative estimate of drug-likeness (QED) is 0.700. The first-order valence-corrected chi connectivity index (χ1v) is 7.86. The van der Waals surface area contributed by atoms with E-state index in [0.717, 1.165) is 29.3 Å². The van der Waals surface area contributed by atoms with Gasteiger partial charge in [-0.05, 0) is 40.8 Å². The molecule has 1 aromatic heterocycles. The summed E-state index contributed by atoms with van der Waals surface area (Å²) in [6.45, 7) is 4.36. The largest absolute Gasteiger partial charge is 0.356 e. The molecular formula is C12H15Br2ClN2. The summed E-state index contributed by atoms with van der Waals surface area (Å²) in [4.78, 5) is 7.34. The first-order chi connectivity index (χ1) is 8.08. The normalized spacial score (nSPS) is 19.4. The van der Waals surface area contributed by atoms with E-state index in [1.807, 2.05) is 6.07 Å². The van der Waals surface area contributed by atoms with Crippen molar-refractivity contribution in [2.75, 3.05) is 18.0 Å². The highest BCUT2D eigenvalue weighted by Crippen LogP contribution is 2.31. The van der Waals surface area contributed by atoms with Crippen molar-refractivity contribution in [3.05, 3.63) is 21.8 Å². The average Bonchev–Trinajstić information content (AvgIpc) is 2.29. The van der Waals surface area contributed by atoms with E-state index in [1.54, 1.807) is 6.20 Å². The van der Waals surface area contributed by atoms with Crippen molar-refractivity contribution in [1.82, 2.24) is 4.98 Å². The predicted molar refractivity (Wildman–Crippen MR) is 80.3 cm³/mol. The van der Waals surface area contributed by atoms with E-state index in [4.69, 9.17) is 11.6 Å². The topological polar surface area (TPSA) is 16.1 Å². The lowest BCUT2D eigenvalue weighted by atomic mass is 9.94. The van der Waals surface area contributed by atoms with E-state index in [-0.39, 0.29) is 0 Å². The molecule has 0 saturated carbocycles. The standard InChI is InChI=1S/C12H15Br2ClN2/c1-8(13)9-2-4-17(5-3-9)12-11(14)6-10(15)7-16-12/h6-9H,2-5H2,1H3. The predicted octanol–water partition coefficient (Wildman–Crippen LogP) is 4.50. The van der Waals surface area contributed by atoms with Crippen LogP contribution in [0.5, 0.6) is 0 Å². The summed E-state index contributed by atoms with van der Waals surface area (Å²) < 4.78 is 0.982. The zero-order chi connectivity index (χ0) is 12.4. The number of alkyl halides is 1. The summed E-state index contributed by atoms with van der Waals surface area (Å²) in [6, 6.07) is 1.91. The van der Waals surface area contributed by atoms with Crippen LogP contribution in [0, 0.1) is 5.92 Å². The lowest BCUT2D eigenvalue weighted by Gasteiger charge is -2.34. The van der Waals surface area contributed by atoms with Crippen LogP contribution in [0.3, 0.4) is 0 Å². The fourth-order valence-corrected chi connectivity index (χ4v) is 3.63. The van der Waals surface area contributed by atoms with E-state index in [0.29, 0.717) is 9.85 Å². The van der Waals surface area contributed by atoms with Crippen LogP contribution in [-0.2, 0) is 0 Å². The van der Waals surface area contributed by atoms with Gasteiger partial charge in [0.15, 0.2) is 0 Å². The van der Waals surface area contributed by atoms with Gasteiger partial charge in [-0.15, -0.1) is 0 Å². The second kappa shape index (κ2) is 5.89. The van der Waals surface area contributed by atoms with E-state index >= 15 is 0 Å². The maximum atomic E-state index is 5.90. The van der Waals surface area contributed by atoms with Gasteiger partial charge in [-0.1, -0.05) is 34.5 Å². The van der Waals surface area contributed by atoms with Crippen molar-refractivity contribution >= 4 is 49.3 Å². The maximum Gasteiger partial charge on any atom is 0.142 e. The van der Waals surface area contributed by atoms with Crippen molar-refractivity contribution in [3.8, 4) is 0 Å². The molecule has 0 spiro atoms. The van der Waals surface area contributed by atoms with Gasteiger partial charge >= 0.3 is 0 Å². The number of halogens is 3. The number of aromatic nitrogens is 1. The molecule has 1 saturated heterocycles. The minimum Gasteiger partial charge on any atom is -0.356 e. The molecule has 94 valence electrons.